The summed E-state index contributed by atoms with van der Waals surface area (Å²) in [6.07, 6.45) is 6.02. The number of nitrogens with zero attached hydrogens (tertiary/aromatic N) is 4. The molecule has 2 fully saturated rings. The molecule has 0 radical (unpaired) electrons. The molecule has 1 saturated heterocycles. The lowest BCUT2D eigenvalue weighted by atomic mass is 9.91. The second-order valence-corrected chi connectivity index (χ2v) is 14.9. The molecule has 0 spiro atoms. The summed E-state index contributed by atoms with van der Waals surface area (Å²) in [7, 11) is 0. The number of carboxylic acid groups (broad SMARTS) is 1. The quantitative estimate of drug-likeness (QED) is 0.141. The van der Waals surface area contributed by atoms with Crippen molar-refractivity contribution in [1.82, 2.24) is 29.9 Å². The number of benzene rings is 2. The van der Waals surface area contributed by atoms with Crippen LogP contribution in [0.2, 0.25) is 0 Å². The van der Waals surface area contributed by atoms with E-state index < -0.39 is 17.6 Å². The van der Waals surface area contributed by atoms with Crippen LogP contribution in [-0.2, 0) is 34.5 Å². The van der Waals surface area contributed by atoms with E-state index in [1.165, 1.54) is 22.3 Å². The molecule has 52 heavy (non-hydrogen) atoms. The minimum atomic E-state index is -1.30. The van der Waals surface area contributed by atoms with Gasteiger partial charge in [-0.05, 0) is 110 Å². The molecule has 2 aromatic carbocycles. The molecule has 12 heteroatoms. The Labute approximate surface area is 302 Å². The third-order valence-electron chi connectivity index (χ3n) is 11.8. The zero-order valence-corrected chi connectivity index (χ0v) is 30.1. The number of hydrogen-bond donors (Lipinski definition) is 4. The number of aryl methyl sites for hydroxylation is 2. The van der Waals surface area contributed by atoms with Crippen molar-refractivity contribution in [3.8, 4) is 5.69 Å². The van der Waals surface area contributed by atoms with Crippen molar-refractivity contribution in [3.05, 3.63) is 93.6 Å². The van der Waals surface area contributed by atoms with Gasteiger partial charge in [0.05, 0.1) is 17.1 Å². The molecule has 3 aliphatic heterocycles. The maximum absolute atomic E-state index is 14.9. The predicted molar refractivity (Wildman–Crippen MR) is 196 cm³/mol. The number of carbonyl (C=O) groups excluding carboxylic acids is 2. The normalized spacial score (nSPS) is 22.8. The summed E-state index contributed by atoms with van der Waals surface area (Å²) in [5, 5.41) is 29.6. The van der Waals surface area contributed by atoms with Crippen LogP contribution in [0, 0.1) is 25.2 Å². The molecular weight excluding hydrogens is 658 g/mol. The van der Waals surface area contributed by atoms with Crippen LogP contribution in [0.3, 0.4) is 0 Å². The van der Waals surface area contributed by atoms with Crippen molar-refractivity contribution in [2.75, 3.05) is 19.8 Å². The first-order valence-corrected chi connectivity index (χ1v) is 18.3. The number of rotatable bonds is 7. The molecule has 3 atom stereocenters. The van der Waals surface area contributed by atoms with Gasteiger partial charge in [-0.15, -0.1) is 0 Å². The van der Waals surface area contributed by atoms with E-state index in [9.17, 15) is 19.5 Å². The van der Waals surface area contributed by atoms with Gasteiger partial charge in [-0.1, -0.05) is 19.9 Å². The van der Waals surface area contributed by atoms with Crippen LogP contribution < -0.4 is 10.6 Å². The summed E-state index contributed by atoms with van der Waals surface area (Å²) < 4.78 is 9.41. The first kappa shape index (κ1) is 33.9. The van der Waals surface area contributed by atoms with Crippen molar-refractivity contribution in [2.45, 2.75) is 83.7 Å². The van der Waals surface area contributed by atoms with Crippen LogP contribution in [0.25, 0.3) is 16.6 Å². The number of hydrogen-bond acceptors (Lipinski definition) is 6. The Bertz CT molecular complexity index is 2170. The van der Waals surface area contributed by atoms with Gasteiger partial charge in [0.1, 0.15) is 23.0 Å². The second kappa shape index (κ2) is 12.8. The third kappa shape index (κ3) is 5.42. The molecule has 4 N–H and O–H groups in total. The van der Waals surface area contributed by atoms with Crippen LogP contribution in [-0.4, -0.2) is 67.9 Å². The molecule has 2 aromatic heterocycles. The van der Waals surface area contributed by atoms with Crippen molar-refractivity contribution in [2.24, 2.45) is 5.92 Å². The van der Waals surface area contributed by atoms with Crippen LogP contribution in [0.5, 0.6) is 0 Å². The minimum Gasteiger partial charge on any atom is -0.465 e. The topological polar surface area (TPSA) is 155 Å². The van der Waals surface area contributed by atoms with E-state index in [0.29, 0.717) is 44.2 Å². The fraction of sp³-hybridized carbons (Fsp3) is 0.425. The summed E-state index contributed by atoms with van der Waals surface area (Å²) in [4.78, 5) is 41.7. The highest BCUT2D eigenvalue weighted by atomic mass is 16.5. The van der Waals surface area contributed by atoms with Gasteiger partial charge in [-0.25, -0.2) is 9.48 Å². The van der Waals surface area contributed by atoms with Crippen LogP contribution in [0.4, 0.5) is 4.79 Å². The Morgan fingerprint density at radius 1 is 1.13 bits per heavy atom. The van der Waals surface area contributed by atoms with Gasteiger partial charge in [0.2, 0.25) is 5.91 Å². The second-order valence-electron chi connectivity index (χ2n) is 14.9. The highest BCUT2D eigenvalue weighted by Crippen LogP contribution is 2.53. The maximum Gasteiger partial charge on any atom is 0.410 e. The molecule has 4 aliphatic rings. The first-order chi connectivity index (χ1) is 25.0. The molecule has 8 rings (SSSR count). The summed E-state index contributed by atoms with van der Waals surface area (Å²) in [6.45, 7) is 10.4. The largest absolute Gasteiger partial charge is 0.465 e. The highest BCUT2D eigenvalue weighted by molar-refractivity contribution is 6.05. The van der Waals surface area contributed by atoms with Gasteiger partial charge in [-0.3, -0.25) is 20.3 Å². The number of ether oxygens (including phenoxy) is 1. The van der Waals surface area contributed by atoms with Gasteiger partial charge in [0, 0.05) is 55.4 Å². The van der Waals surface area contributed by atoms with Crippen LogP contribution in [0.15, 0.2) is 48.7 Å². The van der Waals surface area contributed by atoms with E-state index in [-0.39, 0.29) is 30.1 Å². The van der Waals surface area contributed by atoms with Gasteiger partial charge < -0.3 is 24.6 Å². The summed E-state index contributed by atoms with van der Waals surface area (Å²) in [6, 6.07) is 12.4. The Balaban J connectivity index is 1.22. The Morgan fingerprint density at radius 2 is 1.87 bits per heavy atom. The van der Waals surface area contributed by atoms with E-state index in [4.69, 9.17) is 15.2 Å². The van der Waals surface area contributed by atoms with E-state index in [1.807, 2.05) is 39.3 Å². The maximum atomic E-state index is 14.9. The average Bonchev–Trinajstić information content (AvgIpc) is 3.42. The van der Waals surface area contributed by atoms with E-state index >= 15 is 0 Å². The van der Waals surface area contributed by atoms with Crippen LogP contribution in [0.1, 0.15) is 94.6 Å². The zero-order chi connectivity index (χ0) is 36.5. The average molecular weight is 704 g/mol. The van der Waals surface area contributed by atoms with Crippen molar-refractivity contribution in [1.29, 1.82) is 5.41 Å². The molecule has 1 saturated carbocycles. The Kier molecular flexibility index (Phi) is 8.32. The van der Waals surface area contributed by atoms with Gasteiger partial charge in [0.25, 0.3) is 5.91 Å². The minimum absolute atomic E-state index is 0.0689. The van der Waals surface area contributed by atoms with Gasteiger partial charge in [-0.2, -0.15) is 5.10 Å². The Hall–Kier alpha value is -5.23. The van der Waals surface area contributed by atoms with Gasteiger partial charge in [0.15, 0.2) is 0 Å². The lowest BCUT2D eigenvalue weighted by Gasteiger charge is -2.30. The highest BCUT2D eigenvalue weighted by Gasteiger charge is 2.59. The smallest absolute Gasteiger partial charge is 0.410 e. The summed E-state index contributed by atoms with van der Waals surface area (Å²) >= 11 is 0. The van der Waals surface area contributed by atoms with Crippen LogP contribution >= 0.6 is 0 Å². The number of amides is 3. The molecule has 0 bridgehead atoms. The molecular formula is C40H45N7O5. The van der Waals surface area contributed by atoms with Gasteiger partial charge >= 0.3 is 6.09 Å². The standard InChI is InChI=1S/C40H45N7O5/c1-5-29-22(2)16-28(17-23(29)3)47-35(30-8-12-42-36(30)48)31-21-45(13-9-32(31)44-47)37(49)34-19-27-18-26(25-10-14-52-15-11-25)6-7-33(27)46(34)40(20-24(40)4)38(41)43-39(50)51/h6-8,12,16-19,24-25,30H,5,9-11,13-15,20-21H2,1-4H3,(H2,41,43)(H,42,48)(H,50,51)/t24-,30?,40-/m0/s1. The lowest BCUT2D eigenvalue weighted by molar-refractivity contribution is -0.120. The molecule has 270 valence electrons. The fourth-order valence-corrected chi connectivity index (χ4v) is 9.02. The molecule has 1 aliphatic carbocycles. The fourth-order valence-electron chi connectivity index (χ4n) is 9.02. The number of carbonyl (C=O) groups is 3. The third-order valence-corrected chi connectivity index (χ3v) is 11.8. The van der Waals surface area contributed by atoms with Crippen molar-refractivity contribution in [3.63, 3.8) is 0 Å². The van der Waals surface area contributed by atoms with E-state index in [1.54, 1.807) is 6.20 Å². The predicted octanol–water partition coefficient (Wildman–Crippen LogP) is 5.81. The number of aromatic nitrogens is 3. The lowest BCUT2D eigenvalue weighted by Crippen LogP contribution is -2.44. The zero-order valence-electron chi connectivity index (χ0n) is 30.1. The van der Waals surface area contributed by atoms with Crippen molar-refractivity contribution < 1.29 is 24.2 Å². The number of nitrogens with one attached hydrogen (secondary N) is 3. The molecule has 3 amide bonds. The molecule has 5 heterocycles. The van der Waals surface area contributed by atoms with E-state index in [0.717, 1.165) is 52.8 Å². The number of amidine groups is 1. The summed E-state index contributed by atoms with van der Waals surface area (Å²) in [5.41, 5.74) is 8.38. The van der Waals surface area contributed by atoms with E-state index in [2.05, 4.69) is 55.7 Å². The SMILES string of the molecule is CCc1c(C)cc(-n2nc3c(c2C2C=CNC2=O)CN(C(=O)c2cc4cc(C5CCOCC5)ccc4n2[C@@]2(C(=N)NC(=O)O)C[C@@H]2C)CC3)cc1C. The summed E-state index contributed by atoms with van der Waals surface area (Å²) in [5.74, 6) is -0.771. The molecule has 1 unspecified atom stereocenters. The first-order valence-electron chi connectivity index (χ1n) is 18.3. The number of fused-ring (bicyclic) bond motifs is 2. The Morgan fingerprint density at radius 3 is 2.50 bits per heavy atom. The van der Waals surface area contributed by atoms with Crippen molar-refractivity contribution >= 4 is 34.6 Å². The monoisotopic (exact) mass is 703 g/mol. The molecule has 12 nitrogen and oxygen atoms in total. The molecule has 4 aromatic rings.